The lowest BCUT2D eigenvalue weighted by Gasteiger charge is -2.21. The van der Waals surface area contributed by atoms with E-state index in [0.717, 1.165) is 22.6 Å². The molecule has 2 N–H and O–H groups in total. The normalized spacial score (nSPS) is 12.2. The molecule has 0 fully saturated rings. The highest BCUT2D eigenvalue weighted by Crippen LogP contribution is 2.29. The third-order valence-electron chi connectivity index (χ3n) is 4.54. The van der Waals surface area contributed by atoms with Crippen LogP contribution in [0.5, 0.6) is 11.5 Å². The number of halogens is 2. The van der Waals surface area contributed by atoms with Crippen molar-refractivity contribution in [3.8, 4) is 11.5 Å². The number of hydrogen-bond donors (Lipinski definition) is 2. The first-order valence-electron chi connectivity index (χ1n) is 9.49. The van der Waals surface area contributed by atoms with Gasteiger partial charge in [0, 0.05) is 31.3 Å². The molecule has 2 aromatic carbocycles. The van der Waals surface area contributed by atoms with Gasteiger partial charge in [-0.25, -0.2) is 4.39 Å². The second-order valence-electron chi connectivity index (χ2n) is 7.06. The Morgan fingerprint density at radius 1 is 1.13 bits per heavy atom. The molecule has 0 aliphatic heterocycles. The smallest absolute Gasteiger partial charge is 0.191 e. The van der Waals surface area contributed by atoms with Gasteiger partial charge in [0.2, 0.25) is 0 Å². The second kappa shape index (κ2) is 12.6. The topological polar surface area (TPSA) is 58.1 Å². The van der Waals surface area contributed by atoms with E-state index in [9.17, 15) is 4.39 Å². The van der Waals surface area contributed by atoms with Crippen molar-refractivity contribution in [2.75, 3.05) is 35.4 Å². The number of hydrogen-bond acceptors (Lipinski definition) is 4. The van der Waals surface area contributed by atoms with Gasteiger partial charge < -0.3 is 25.0 Å². The predicted molar refractivity (Wildman–Crippen MR) is 131 cm³/mol. The van der Waals surface area contributed by atoms with Crippen LogP contribution in [0.25, 0.3) is 0 Å². The molecule has 0 saturated carbocycles. The zero-order chi connectivity index (χ0) is 21.4. The van der Waals surface area contributed by atoms with E-state index in [0.29, 0.717) is 24.6 Å². The molecule has 0 amide bonds. The van der Waals surface area contributed by atoms with E-state index in [1.165, 1.54) is 6.07 Å². The Balaban J connectivity index is 0.00000450. The van der Waals surface area contributed by atoms with Crippen LogP contribution in [-0.2, 0) is 13.1 Å². The van der Waals surface area contributed by atoms with Crippen molar-refractivity contribution < 1.29 is 13.9 Å². The van der Waals surface area contributed by atoms with Gasteiger partial charge >= 0.3 is 0 Å². The van der Waals surface area contributed by atoms with Gasteiger partial charge in [0.05, 0.1) is 20.3 Å². The molecular weight excluding hydrogens is 498 g/mol. The van der Waals surface area contributed by atoms with Gasteiger partial charge in [0.1, 0.15) is 17.3 Å². The number of ether oxygens (including phenoxy) is 2. The van der Waals surface area contributed by atoms with Gasteiger partial charge in [-0.1, -0.05) is 6.07 Å². The Kier molecular flexibility index (Phi) is 10.9. The number of rotatable bonds is 8. The van der Waals surface area contributed by atoms with Crippen LogP contribution >= 0.6 is 24.0 Å². The van der Waals surface area contributed by atoms with Crippen LogP contribution in [0.3, 0.4) is 0 Å². The fourth-order valence-electron chi connectivity index (χ4n) is 3.04. The van der Waals surface area contributed by atoms with Gasteiger partial charge in [-0.3, -0.25) is 4.99 Å². The molecular formula is C22H32FIN4O2. The van der Waals surface area contributed by atoms with E-state index in [2.05, 4.69) is 15.6 Å². The lowest BCUT2D eigenvalue weighted by molar-refractivity contribution is 0.392. The summed E-state index contributed by atoms with van der Waals surface area (Å²) in [5.41, 5.74) is 2.62. The Hall–Kier alpha value is -2.07. The SMILES string of the molecule is CN=C(NCc1ccc(F)c(CN(C)C)c1)NC(C)c1cc(OC)ccc1OC.I. The standard InChI is InChI=1S/C22H31FN4O2.HI/c1-15(19-12-18(28-5)8-10-21(19)29-6)26-22(24-2)25-13-16-7-9-20(23)17(11-16)14-27(3)4;/h7-12,15H,13-14H2,1-6H3,(H2,24,25,26);1H. The van der Waals surface area contributed by atoms with Gasteiger partial charge in [-0.15, -0.1) is 24.0 Å². The Morgan fingerprint density at radius 3 is 2.47 bits per heavy atom. The molecule has 0 heterocycles. The fourth-order valence-corrected chi connectivity index (χ4v) is 3.04. The molecule has 0 saturated heterocycles. The summed E-state index contributed by atoms with van der Waals surface area (Å²) in [6.45, 7) is 3.11. The van der Waals surface area contributed by atoms with Crippen LogP contribution in [0.15, 0.2) is 41.4 Å². The van der Waals surface area contributed by atoms with Crippen molar-refractivity contribution in [2.45, 2.75) is 26.1 Å². The molecule has 1 atom stereocenters. The number of aliphatic imine (C=N–C) groups is 1. The summed E-state index contributed by atoms with van der Waals surface area (Å²) in [5, 5.41) is 6.64. The molecule has 0 bridgehead atoms. The predicted octanol–water partition coefficient (Wildman–Crippen LogP) is 3.95. The maximum atomic E-state index is 14.0. The minimum atomic E-state index is -0.191. The molecule has 1 unspecified atom stereocenters. The van der Waals surface area contributed by atoms with Gasteiger partial charge in [0.15, 0.2) is 5.96 Å². The van der Waals surface area contributed by atoms with Crippen LogP contribution in [0.2, 0.25) is 0 Å². The molecule has 2 aromatic rings. The molecule has 30 heavy (non-hydrogen) atoms. The van der Waals surface area contributed by atoms with Crippen molar-refractivity contribution in [1.82, 2.24) is 15.5 Å². The maximum Gasteiger partial charge on any atom is 0.191 e. The summed E-state index contributed by atoms with van der Waals surface area (Å²) >= 11 is 0. The molecule has 166 valence electrons. The number of guanidine groups is 1. The molecule has 0 aromatic heterocycles. The summed E-state index contributed by atoms with van der Waals surface area (Å²) in [4.78, 5) is 6.24. The Morgan fingerprint density at radius 2 is 1.87 bits per heavy atom. The van der Waals surface area contributed by atoms with E-state index in [1.807, 2.05) is 50.2 Å². The Labute approximate surface area is 195 Å². The van der Waals surface area contributed by atoms with E-state index in [-0.39, 0.29) is 35.8 Å². The maximum absolute atomic E-state index is 14.0. The first-order chi connectivity index (χ1) is 13.9. The number of benzene rings is 2. The average Bonchev–Trinajstić information content (AvgIpc) is 2.72. The minimum absolute atomic E-state index is 0. The zero-order valence-electron chi connectivity index (χ0n) is 18.5. The van der Waals surface area contributed by atoms with Crippen molar-refractivity contribution in [2.24, 2.45) is 4.99 Å². The molecule has 0 spiro atoms. The summed E-state index contributed by atoms with van der Waals surface area (Å²) in [7, 11) is 8.84. The lowest BCUT2D eigenvalue weighted by atomic mass is 10.1. The quantitative estimate of drug-likeness (QED) is 0.308. The average molecular weight is 530 g/mol. The second-order valence-corrected chi connectivity index (χ2v) is 7.06. The van der Waals surface area contributed by atoms with Crippen LogP contribution in [0.4, 0.5) is 4.39 Å². The first kappa shape index (κ1) is 26.0. The molecule has 2 rings (SSSR count). The van der Waals surface area contributed by atoms with Gasteiger partial charge in [-0.2, -0.15) is 0 Å². The summed E-state index contributed by atoms with van der Waals surface area (Å²) in [6.07, 6.45) is 0. The van der Waals surface area contributed by atoms with Gasteiger partial charge in [-0.05, 0) is 56.9 Å². The third-order valence-corrected chi connectivity index (χ3v) is 4.54. The van der Waals surface area contributed by atoms with Crippen LogP contribution in [0, 0.1) is 5.82 Å². The summed E-state index contributed by atoms with van der Waals surface area (Å²) in [5.74, 6) is 1.98. The zero-order valence-corrected chi connectivity index (χ0v) is 20.8. The monoisotopic (exact) mass is 530 g/mol. The fraction of sp³-hybridized carbons (Fsp3) is 0.409. The highest BCUT2D eigenvalue weighted by molar-refractivity contribution is 14.0. The Bertz CT molecular complexity index is 846. The molecule has 0 radical (unpaired) electrons. The van der Waals surface area contributed by atoms with E-state index in [4.69, 9.17) is 9.47 Å². The first-order valence-corrected chi connectivity index (χ1v) is 9.49. The van der Waals surface area contributed by atoms with Crippen LogP contribution < -0.4 is 20.1 Å². The highest BCUT2D eigenvalue weighted by Gasteiger charge is 2.14. The van der Waals surface area contributed by atoms with Crippen LogP contribution in [0.1, 0.15) is 29.7 Å². The molecule has 0 aliphatic carbocycles. The van der Waals surface area contributed by atoms with E-state index < -0.39 is 0 Å². The minimum Gasteiger partial charge on any atom is -0.497 e. The van der Waals surface area contributed by atoms with E-state index in [1.54, 1.807) is 27.3 Å². The number of methoxy groups -OCH3 is 2. The molecule has 8 heteroatoms. The highest BCUT2D eigenvalue weighted by atomic mass is 127. The van der Waals surface area contributed by atoms with Crippen molar-refractivity contribution >= 4 is 29.9 Å². The molecule has 0 aliphatic rings. The van der Waals surface area contributed by atoms with Crippen molar-refractivity contribution in [3.63, 3.8) is 0 Å². The van der Waals surface area contributed by atoms with Crippen LogP contribution in [-0.4, -0.2) is 46.2 Å². The number of nitrogens with one attached hydrogen (secondary N) is 2. The lowest BCUT2D eigenvalue weighted by Crippen LogP contribution is -2.38. The number of nitrogens with zero attached hydrogens (tertiary/aromatic N) is 2. The summed E-state index contributed by atoms with van der Waals surface area (Å²) in [6, 6.07) is 10.8. The third kappa shape index (κ3) is 7.32. The summed E-state index contributed by atoms with van der Waals surface area (Å²) < 4.78 is 24.8. The van der Waals surface area contributed by atoms with Gasteiger partial charge in [0.25, 0.3) is 0 Å². The molecule has 6 nitrogen and oxygen atoms in total. The largest absolute Gasteiger partial charge is 0.497 e. The van der Waals surface area contributed by atoms with Crippen molar-refractivity contribution in [3.05, 3.63) is 58.9 Å². The van der Waals surface area contributed by atoms with Crippen molar-refractivity contribution in [1.29, 1.82) is 0 Å². The van der Waals surface area contributed by atoms with E-state index >= 15 is 0 Å².